The maximum atomic E-state index is 7.53. The largest absolute Gasteiger partial charge is 0.385 e. The van der Waals surface area contributed by atoms with Gasteiger partial charge in [-0.2, -0.15) is 0 Å². The monoisotopic (exact) mass is 269 g/mol. The van der Waals surface area contributed by atoms with Crippen molar-refractivity contribution in [3.8, 4) is 0 Å². The minimum atomic E-state index is -0.243. The predicted molar refractivity (Wildman–Crippen MR) is 70.4 cm³/mol. The number of nitrogens with two attached hydrogens (primary N) is 1. The maximum Gasteiger partial charge on any atom is 0.127 e. The van der Waals surface area contributed by atoms with Crippen molar-refractivity contribution in [3.63, 3.8) is 0 Å². The molecule has 3 N–H and O–H groups in total. The van der Waals surface area contributed by atoms with Gasteiger partial charge in [-0.25, -0.2) is 0 Å². The minimum absolute atomic E-state index is 0.0626. The van der Waals surface area contributed by atoms with Gasteiger partial charge in [-0.3, -0.25) is 10.3 Å². The molecule has 3 unspecified atom stereocenters. The Morgan fingerprint density at radius 2 is 2.21 bits per heavy atom. The van der Waals surface area contributed by atoms with E-state index in [2.05, 4.69) is 4.90 Å². The Hall–Kier alpha value is -0.690. The smallest absolute Gasteiger partial charge is 0.127 e. The predicted octanol–water partition coefficient (Wildman–Crippen LogP) is -0.0387. The van der Waals surface area contributed by atoms with Crippen LogP contribution in [0.1, 0.15) is 19.3 Å². The molecule has 3 heterocycles. The molecule has 0 bridgehead atoms. The summed E-state index contributed by atoms with van der Waals surface area (Å²) in [4.78, 5) is 2.41. The number of amidine groups is 1. The Bertz CT molecular complexity index is 344. The zero-order valence-corrected chi connectivity index (χ0v) is 11.3. The van der Waals surface area contributed by atoms with Crippen LogP contribution in [0.15, 0.2) is 0 Å². The van der Waals surface area contributed by atoms with Crippen LogP contribution in [0.5, 0.6) is 0 Å². The Morgan fingerprint density at radius 3 is 2.95 bits per heavy atom. The van der Waals surface area contributed by atoms with Gasteiger partial charge in [-0.05, 0) is 12.8 Å². The minimum Gasteiger partial charge on any atom is -0.385 e. The molecule has 6 heteroatoms. The summed E-state index contributed by atoms with van der Waals surface area (Å²) in [6, 6.07) is 0.501. The van der Waals surface area contributed by atoms with E-state index in [1.54, 1.807) is 0 Å². The Morgan fingerprint density at radius 1 is 1.32 bits per heavy atom. The Balaban J connectivity index is 1.63. The summed E-state index contributed by atoms with van der Waals surface area (Å²) in [5, 5.41) is 7.53. The van der Waals surface area contributed by atoms with E-state index in [1.807, 2.05) is 0 Å². The van der Waals surface area contributed by atoms with E-state index in [4.69, 9.17) is 25.4 Å². The zero-order chi connectivity index (χ0) is 13.3. The van der Waals surface area contributed by atoms with Crippen molar-refractivity contribution in [3.05, 3.63) is 0 Å². The lowest BCUT2D eigenvalue weighted by molar-refractivity contribution is -0.118. The highest BCUT2D eigenvalue weighted by Crippen LogP contribution is 2.35. The number of nitrogens with one attached hydrogen (secondary N) is 1. The second kappa shape index (κ2) is 5.36. The van der Waals surface area contributed by atoms with E-state index in [1.165, 1.54) is 0 Å². The molecular weight excluding hydrogens is 246 g/mol. The summed E-state index contributed by atoms with van der Waals surface area (Å²) < 4.78 is 17.0. The van der Waals surface area contributed by atoms with Gasteiger partial charge in [0.25, 0.3) is 0 Å². The topological polar surface area (TPSA) is 80.8 Å². The molecule has 6 nitrogen and oxygen atoms in total. The first kappa shape index (κ1) is 13.3. The number of rotatable bonds is 2. The number of hydrogen-bond acceptors (Lipinski definition) is 5. The highest BCUT2D eigenvalue weighted by molar-refractivity contribution is 5.82. The van der Waals surface area contributed by atoms with Crippen molar-refractivity contribution in [2.45, 2.75) is 37.0 Å². The van der Waals surface area contributed by atoms with Crippen LogP contribution < -0.4 is 5.73 Å². The second-order valence-corrected chi connectivity index (χ2v) is 5.79. The Labute approximate surface area is 113 Å². The zero-order valence-electron chi connectivity index (χ0n) is 11.3. The summed E-state index contributed by atoms with van der Waals surface area (Å²) in [5.74, 6) is 0.135. The fourth-order valence-corrected chi connectivity index (χ4v) is 3.37. The average molecular weight is 269 g/mol. The lowest BCUT2D eigenvalue weighted by atomic mass is 9.88. The molecule has 3 atom stereocenters. The van der Waals surface area contributed by atoms with Gasteiger partial charge in [0.05, 0.1) is 18.8 Å². The Kier molecular flexibility index (Phi) is 3.75. The third kappa shape index (κ3) is 2.76. The quantitative estimate of drug-likeness (QED) is 0.543. The molecule has 3 rings (SSSR count). The van der Waals surface area contributed by atoms with Gasteiger partial charge >= 0.3 is 0 Å². The molecule has 3 fully saturated rings. The lowest BCUT2D eigenvalue weighted by Crippen LogP contribution is -2.55. The number of nitrogens with zero attached hydrogens (tertiary/aromatic N) is 1. The molecule has 0 saturated carbocycles. The van der Waals surface area contributed by atoms with Crippen LogP contribution in [-0.4, -0.2) is 68.0 Å². The summed E-state index contributed by atoms with van der Waals surface area (Å²) in [5.41, 5.74) is 5.50. The first-order chi connectivity index (χ1) is 9.19. The fourth-order valence-electron chi connectivity index (χ4n) is 3.37. The molecule has 19 heavy (non-hydrogen) atoms. The standard InChI is InChI=1S/C13H23N3O3/c14-12(15)11-8-16(3-6-18-11)10-1-4-19-13(7-10)2-5-17-9-13/h10-11H,1-9H2,(H3,14,15). The van der Waals surface area contributed by atoms with E-state index in [0.717, 1.165) is 52.2 Å². The normalized spacial score (nSPS) is 40.6. The second-order valence-electron chi connectivity index (χ2n) is 5.79. The molecule has 0 amide bonds. The molecule has 0 radical (unpaired) electrons. The SMILES string of the molecule is N=C(N)C1CN(C2CCOC3(CCOC3)C2)CCO1. The highest BCUT2D eigenvalue weighted by Gasteiger charge is 2.43. The van der Waals surface area contributed by atoms with Crippen LogP contribution in [0.25, 0.3) is 0 Å². The van der Waals surface area contributed by atoms with Crippen molar-refractivity contribution in [1.29, 1.82) is 5.41 Å². The number of ether oxygens (including phenoxy) is 3. The summed E-state index contributed by atoms with van der Waals surface area (Å²) in [6.07, 6.45) is 2.83. The molecule has 1 spiro atoms. The van der Waals surface area contributed by atoms with Crippen molar-refractivity contribution in [2.24, 2.45) is 5.73 Å². The first-order valence-corrected chi connectivity index (χ1v) is 7.10. The van der Waals surface area contributed by atoms with Crippen LogP contribution in [0.2, 0.25) is 0 Å². The van der Waals surface area contributed by atoms with Crippen molar-refractivity contribution < 1.29 is 14.2 Å². The van der Waals surface area contributed by atoms with E-state index in [-0.39, 0.29) is 17.5 Å². The molecule has 3 saturated heterocycles. The van der Waals surface area contributed by atoms with Crippen LogP contribution in [0.3, 0.4) is 0 Å². The molecule has 3 aliphatic heterocycles. The maximum absolute atomic E-state index is 7.53. The third-order valence-corrected chi connectivity index (χ3v) is 4.50. The summed E-state index contributed by atoms with van der Waals surface area (Å²) in [6.45, 7) is 4.65. The molecule has 0 aromatic carbocycles. The highest BCUT2D eigenvalue weighted by atomic mass is 16.6. The summed E-state index contributed by atoms with van der Waals surface area (Å²) >= 11 is 0. The van der Waals surface area contributed by atoms with E-state index in [0.29, 0.717) is 12.6 Å². The third-order valence-electron chi connectivity index (χ3n) is 4.50. The van der Waals surface area contributed by atoms with Gasteiger partial charge in [-0.1, -0.05) is 0 Å². The van der Waals surface area contributed by atoms with Gasteiger partial charge in [0.15, 0.2) is 0 Å². The first-order valence-electron chi connectivity index (χ1n) is 7.10. The number of morpholine rings is 1. The molecular formula is C13H23N3O3. The molecule has 0 aromatic heterocycles. The molecule has 3 aliphatic rings. The van der Waals surface area contributed by atoms with Gasteiger partial charge in [-0.15, -0.1) is 0 Å². The van der Waals surface area contributed by atoms with Gasteiger partial charge in [0, 0.05) is 38.8 Å². The van der Waals surface area contributed by atoms with Crippen LogP contribution in [-0.2, 0) is 14.2 Å². The van der Waals surface area contributed by atoms with Crippen molar-refractivity contribution in [2.75, 3.05) is 39.5 Å². The van der Waals surface area contributed by atoms with E-state index in [9.17, 15) is 0 Å². The van der Waals surface area contributed by atoms with E-state index < -0.39 is 0 Å². The molecule has 108 valence electrons. The van der Waals surface area contributed by atoms with Crippen LogP contribution in [0, 0.1) is 5.41 Å². The lowest BCUT2D eigenvalue weighted by Gasteiger charge is -2.44. The van der Waals surface area contributed by atoms with Crippen LogP contribution >= 0.6 is 0 Å². The van der Waals surface area contributed by atoms with E-state index >= 15 is 0 Å². The van der Waals surface area contributed by atoms with Gasteiger partial charge < -0.3 is 19.9 Å². The van der Waals surface area contributed by atoms with Gasteiger partial charge in [0.1, 0.15) is 11.9 Å². The summed E-state index contributed by atoms with van der Waals surface area (Å²) in [7, 11) is 0. The van der Waals surface area contributed by atoms with Crippen molar-refractivity contribution >= 4 is 5.84 Å². The van der Waals surface area contributed by atoms with Gasteiger partial charge in [0.2, 0.25) is 0 Å². The number of hydrogen-bond donors (Lipinski definition) is 2. The molecule has 0 aromatic rings. The van der Waals surface area contributed by atoms with Crippen molar-refractivity contribution in [1.82, 2.24) is 4.90 Å². The average Bonchev–Trinajstić information content (AvgIpc) is 2.87. The molecule has 0 aliphatic carbocycles. The fraction of sp³-hybridized carbons (Fsp3) is 0.923. The van der Waals surface area contributed by atoms with Crippen LogP contribution in [0.4, 0.5) is 0 Å².